The van der Waals surface area contributed by atoms with E-state index in [4.69, 9.17) is 5.73 Å². The van der Waals surface area contributed by atoms with Crippen LogP contribution in [0.4, 0.5) is 0 Å². The number of nitrogens with zero attached hydrogens (tertiary/aromatic N) is 1. The summed E-state index contributed by atoms with van der Waals surface area (Å²) in [5, 5.41) is 0. The first-order valence-corrected chi connectivity index (χ1v) is 7.46. The third-order valence-corrected chi connectivity index (χ3v) is 3.76. The summed E-state index contributed by atoms with van der Waals surface area (Å²) in [5.41, 5.74) is 8.68. The van der Waals surface area contributed by atoms with Crippen molar-refractivity contribution in [2.24, 2.45) is 17.6 Å². The van der Waals surface area contributed by atoms with E-state index in [2.05, 4.69) is 57.0 Å². The van der Waals surface area contributed by atoms with Crippen LogP contribution in [0.3, 0.4) is 0 Å². The lowest BCUT2D eigenvalue weighted by Crippen LogP contribution is -2.25. The summed E-state index contributed by atoms with van der Waals surface area (Å²) in [6, 6.07) is 8.63. The Hall–Kier alpha value is -0.860. The zero-order valence-corrected chi connectivity index (χ0v) is 13.0. The van der Waals surface area contributed by atoms with Crippen LogP contribution in [0.5, 0.6) is 0 Å². The van der Waals surface area contributed by atoms with Crippen molar-refractivity contribution in [1.82, 2.24) is 4.90 Å². The molecular weight excluding hydrogens is 232 g/mol. The lowest BCUT2D eigenvalue weighted by Gasteiger charge is -2.22. The van der Waals surface area contributed by atoms with Gasteiger partial charge in [0.2, 0.25) is 0 Å². The first-order valence-electron chi connectivity index (χ1n) is 7.46. The lowest BCUT2D eigenvalue weighted by atomic mass is 9.94. The second-order valence-corrected chi connectivity index (χ2v) is 6.18. The van der Waals surface area contributed by atoms with Crippen molar-refractivity contribution in [2.45, 2.75) is 40.2 Å². The molecule has 1 aromatic carbocycles. The molecule has 1 atom stereocenters. The maximum Gasteiger partial charge on any atom is 0.0233 e. The largest absolute Gasteiger partial charge is 0.330 e. The van der Waals surface area contributed by atoms with Gasteiger partial charge >= 0.3 is 0 Å². The van der Waals surface area contributed by atoms with Crippen molar-refractivity contribution in [2.75, 3.05) is 20.1 Å². The molecule has 2 nitrogen and oxygen atoms in total. The molecule has 0 aliphatic rings. The van der Waals surface area contributed by atoms with Crippen molar-refractivity contribution >= 4 is 0 Å². The second kappa shape index (κ2) is 8.34. The predicted octanol–water partition coefficient (Wildman–Crippen LogP) is 3.44. The summed E-state index contributed by atoms with van der Waals surface area (Å²) in [7, 11) is 2.20. The summed E-state index contributed by atoms with van der Waals surface area (Å²) in [6.07, 6.45) is 2.45. The molecule has 2 heteroatoms. The number of hydrogen-bond donors (Lipinski definition) is 1. The molecule has 0 saturated heterocycles. The van der Waals surface area contributed by atoms with E-state index >= 15 is 0 Å². The Morgan fingerprint density at radius 1 is 1.21 bits per heavy atom. The molecule has 1 unspecified atom stereocenters. The second-order valence-electron chi connectivity index (χ2n) is 6.18. The smallest absolute Gasteiger partial charge is 0.0233 e. The van der Waals surface area contributed by atoms with Gasteiger partial charge in [-0.05, 0) is 62.9 Å². The molecule has 0 aliphatic heterocycles. The first-order chi connectivity index (χ1) is 9.02. The highest BCUT2D eigenvalue weighted by Crippen LogP contribution is 2.16. The Morgan fingerprint density at radius 3 is 2.47 bits per heavy atom. The van der Waals surface area contributed by atoms with Crippen molar-refractivity contribution in [3.63, 3.8) is 0 Å². The van der Waals surface area contributed by atoms with Crippen LogP contribution in [0.2, 0.25) is 0 Å². The molecule has 1 aromatic rings. The van der Waals surface area contributed by atoms with Crippen LogP contribution < -0.4 is 5.73 Å². The molecule has 0 bridgehead atoms. The minimum atomic E-state index is 0.666. The van der Waals surface area contributed by atoms with Crippen LogP contribution in [-0.4, -0.2) is 25.0 Å². The van der Waals surface area contributed by atoms with Gasteiger partial charge in [-0.1, -0.05) is 38.1 Å². The van der Waals surface area contributed by atoms with Gasteiger partial charge in [0.1, 0.15) is 0 Å². The van der Waals surface area contributed by atoms with E-state index in [0.29, 0.717) is 5.92 Å². The quantitative estimate of drug-likeness (QED) is 0.777. The van der Waals surface area contributed by atoms with Gasteiger partial charge in [-0.2, -0.15) is 0 Å². The zero-order valence-electron chi connectivity index (χ0n) is 13.0. The van der Waals surface area contributed by atoms with Crippen LogP contribution >= 0.6 is 0 Å². The van der Waals surface area contributed by atoms with Crippen LogP contribution in [0.1, 0.15) is 37.8 Å². The van der Waals surface area contributed by atoms with Crippen LogP contribution in [0.15, 0.2) is 24.3 Å². The molecule has 2 N–H and O–H groups in total. The molecule has 0 saturated carbocycles. The summed E-state index contributed by atoms with van der Waals surface area (Å²) in [5.74, 6) is 1.41. The van der Waals surface area contributed by atoms with Crippen molar-refractivity contribution in [3.8, 4) is 0 Å². The van der Waals surface area contributed by atoms with Crippen LogP contribution in [0, 0.1) is 18.8 Å². The maximum atomic E-state index is 5.87. The number of rotatable bonds is 8. The maximum absolute atomic E-state index is 5.87. The molecule has 19 heavy (non-hydrogen) atoms. The highest BCUT2D eigenvalue weighted by atomic mass is 15.1. The zero-order chi connectivity index (χ0) is 14.3. The van der Waals surface area contributed by atoms with Gasteiger partial charge < -0.3 is 10.6 Å². The molecule has 0 heterocycles. The molecule has 0 spiro atoms. The van der Waals surface area contributed by atoms with E-state index in [9.17, 15) is 0 Å². The normalized spacial score (nSPS) is 13.2. The average molecular weight is 262 g/mol. The van der Waals surface area contributed by atoms with E-state index in [1.54, 1.807) is 0 Å². The minimum absolute atomic E-state index is 0.666. The van der Waals surface area contributed by atoms with Crippen molar-refractivity contribution < 1.29 is 0 Å². The van der Waals surface area contributed by atoms with Gasteiger partial charge in [-0.25, -0.2) is 0 Å². The third kappa shape index (κ3) is 6.22. The minimum Gasteiger partial charge on any atom is -0.330 e. The molecule has 0 aromatic heterocycles. The molecule has 1 rings (SSSR count). The molecule has 0 aliphatic carbocycles. The standard InChI is InChI=1S/C17H30N2/c1-14(2)11-16(12-18)9-10-19(4)13-17-8-6-5-7-15(17)3/h5-8,14,16H,9-13,18H2,1-4H3. The molecule has 0 amide bonds. The number of nitrogens with two attached hydrogens (primary N) is 1. The fraction of sp³-hybridized carbons (Fsp3) is 0.647. The number of hydrogen-bond acceptors (Lipinski definition) is 2. The van der Waals surface area contributed by atoms with Crippen molar-refractivity contribution in [1.29, 1.82) is 0 Å². The topological polar surface area (TPSA) is 29.3 Å². The van der Waals surface area contributed by atoms with E-state index in [1.165, 1.54) is 24.0 Å². The summed E-state index contributed by atoms with van der Waals surface area (Å²) < 4.78 is 0. The van der Waals surface area contributed by atoms with E-state index in [0.717, 1.165) is 25.6 Å². The monoisotopic (exact) mass is 262 g/mol. The first kappa shape index (κ1) is 16.2. The third-order valence-electron chi connectivity index (χ3n) is 3.76. The Balaban J connectivity index is 2.39. The number of benzene rings is 1. The van der Waals surface area contributed by atoms with Gasteiger partial charge in [-0.15, -0.1) is 0 Å². The Labute approximate surface area is 119 Å². The molecular formula is C17H30N2. The fourth-order valence-corrected chi connectivity index (χ4v) is 2.56. The summed E-state index contributed by atoms with van der Waals surface area (Å²) in [6.45, 7) is 9.72. The van der Waals surface area contributed by atoms with Gasteiger partial charge in [0, 0.05) is 6.54 Å². The lowest BCUT2D eigenvalue weighted by molar-refractivity contribution is 0.278. The Morgan fingerprint density at radius 2 is 1.89 bits per heavy atom. The van der Waals surface area contributed by atoms with Gasteiger partial charge in [0.15, 0.2) is 0 Å². The van der Waals surface area contributed by atoms with Gasteiger partial charge in [0.05, 0.1) is 0 Å². The van der Waals surface area contributed by atoms with Crippen molar-refractivity contribution in [3.05, 3.63) is 35.4 Å². The van der Waals surface area contributed by atoms with E-state index < -0.39 is 0 Å². The fourth-order valence-electron chi connectivity index (χ4n) is 2.56. The molecule has 0 radical (unpaired) electrons. The van der Waals surface area contributed by atoms with Gasteiger partial charge in [-0.3, -0.25) is 0 Å². The Kier molecular flexibility index (Phi) is 7.11. The SMILES string of the molecule is Cc1ccccc1CN(C)CCC(CN)CC(C)C. The predicted molar refractivity (Wildman–Crippen MR) is 84.1 cm³/mol. The molecule has 108 valence electrons. The van der Waals surface area contributed by atoms with Crippen LogP contribution in [-0.2, 0) is 6.54 Å². The highest BCUT2D eigenvalue weighted by Gasteiger charge is 2.11. The molecule has 0 fully saturated rings. The average Bonchev–Trinajstić information content (AvgIpc) is 2.37. The van der Waals surface area contributed by atoms with Crippen LogP contribution in [0.25, 0.3) is 0 Å². The van der Waals surface area contributed by atoms with E-state index in [-0.39, 0.29) is 0 Å². The van der Waals surface area contributed by atoms with Gasteiger partial charge in [0.25, 0.3) is 0 Å². The number of aryl methyl sites for hydroxylation is 1. The summed E-state index contributed by atoms with van der Waals surface area (Å²) >= 11 is 0. The Bertz CT molecular complexity index is 360. The van der Waals surface area contributed by atoms with E-state index in [1.807, 2.05) is 0 Å². The highest BCUT2D eigenvalue weighted by molar-refractivity contribution is 5.25. The summed E-state index contributed by atoms with van der Waals surface area (Å²) in [4.78, 5) is 2.41.